The molecule has 0 bridgehead atoms. The maximum atomic E-state index is 13.7. The number of pyridine rings is 2. The molecule has 4 heterocycles. The summed E-state index contributed by atoms with van der Waals surface area (Å²) < 4.78 is 28.7. The number of para-hydroxylation sites is 1. The van der Waals surface area contributed by atoms with Gasteiger partial charge in [0.1, 0.15) is 10.7 Å². The van der Waals surface area contributed by atoms with E-state index in [0.717, 1.165) is 42.8 Å². The molecule has 0 atom stereocenters. The first-order valence-electron chi connectivity index (χ1n) is 12.1. The van der Waals surface area contributed by atoms with Gasteiger partial charge in [-0.3, -0.25) is 4.98 Å². The predicted molar refractivity (Wildman–Crippen MR) is 145 cm³/mol. The van der Waals surface area contributed by atoms with Gasteiger partial charge in [0.15, 0.2) is 0 Å². The van der Waals surface area contributed by atoms with Crippen molar-refractivity contribution in [2.45, 2.75) is 11.5 Å². The van der Waals surface area contributed by atoms with Crippen LogP contribution in [-0.2, 0) is 16.6 Å². The van der Waals surface area contributed by atoms with Crippen LogP contribution in [0.3, 0.4) is 0 Å². The summed E-state index contributed by atoms with van der Waals surface area (Å²) in [4.78, 5) is 11.2. The van der Waals surface area contributed by atoms with E-state index in [2.05, 4.69) is 25.5 Å². The van der Waals surface area contributed by atoms with Crippen molar-refractivity contribution in [3.05, 3.63) is 84.8 Å². The van der Waals surface area contributed by atoms with E-state index in [1.54, 1.807) is 42.7 Å². The monoisotopic (exact) mass is 514 g/mol. The number of nitrogens with zero attached hydrogens (tertiary/aromatic N) is 4. The highest BCUT2D eigenvalue weighted by atomic mass is 32.2. The summed E-state index contributed by atoms with van der Waals surface area (Å²) >= 11 is 0. The van der Waals surface area contributed by atoms with Crippen LogP contribution in [0.5, 0.6) is 0 Å². The highest BCUT2D eigenvalue weighted by molar-refractivity contribution is 7.90. The Morgan fingerprint density at radius 1 is 0.973 bits per heavy atom. The average molecular weight is 515 g/mol. The van der Waals surface area contributed by atoms with Crippen molar-refractivity contribution in [3.8, 4) is 0 Å². The number of anilines is 3. The molecule has 0 radical (unpaired) electrons. The molecule has 1 fully saturated rings. The number of hydrogen-bond acceptors (Lipinski definition) is 8. The van der Waals surface area contributed by atoms with Crippen LogP contribution in [0.2, 0.25) is 0 Å². The highest BCUT2D eigenvalue weighted by Crippen LogP contribution is 2.30. The summed E-state index contributed by atoms with van der Waals surface area (Å²) in [6, 6.07) is 18.1. The molecule has 3 N–H and O–H groups in total. The molecule has 5 aromatic rings. The number of hydrogen-bond donors (Lipinski definition) is 3. The van der Waals surface area contributed by atoms with Crippen molar-refractivity contribution in [1.29, 1.82) is 0 Å². The van der Waals surface area contributed by atoms with Crippen LogP contribution >= 0.6 is 0 Å². The van der Waals surface area contributed by atoms with Gasteiger partial charge in [0, 0.05) is 78.5 Å². The molecule has 6 rings (SSSR count). The second-order valence-electron chi connectivity index (χ2n) is 8.94. The van der Waals surface area contributed by atoms with Gasteiger partial charge < -0.3 is 20.6 Å². The normalized spacial score (nSPS) is 14.4. The van der Waals surface area contributed by atoms with Crippen LogP contribution < -0.4 is 15.5 Å². The number of aliphatic hydroxyl groups excluding tert-OH is 1. The standard InChI is InChI=1S/C27H26N6O3S/c34-18-21-15-22(32-13-10-28-11-14-32)6-7-23(21)31-26-16-24-20(17-30-26)8-12-33(24)37(35,36)25-5-1-3-19-4-2-9-29-27(19)25/h1-9,12,15-17,28,34H,10-11,13-14,18H2,(H,30,31). The molecule has 0 aliphatic carbocycles. The van der Waals surface area contributed by atoms with Gasteiger partial charge in [-0.25, -0.2) is 17.4 Å². The number of nitrogens with one attached hydrogen (secondary N) is 2. The second kappa shape index (κ2) is 9.47. The summed E-state index contributed by atoms with van der Waals surface area (Å²) in [6.07, 6.45) is 4.76. The SMILES string of the molecule is O=S(=O)(c1cccc2cccnc12)n1ccc2cnc(Nc3ccc(N4CCNCC4)cc3CO)cc21. The van der Waals surface area contributed by atoms with E-state index in [4.69, 9.17) is 0 Å². The minimum Gasteiger partial charge on any atom is -0.392 e. The Morgan fingerprint density at radius 2 is 1.81 bits per heavy atom. The van der Waals surface area contributed by atoms with Crippen LogP contribution in [0.15, 0.2) is 84.1 Å². The third-order valence-electron chi connectivity index (χ3n) is 6.68. The van der Waals surface area contributed by atoms with Gasteiger partial charge in [0.25, 0.3) is 10.0 Å². The Labute approximate surface area is 214 Å². The van der Waals surface area contributed by atoms with E-state index < -0.39 is 10.0 Å². The van der Waals surface area contributed by atoms with Gasteiger partial charge in [0.05, 0.1) is 17.6 Å². The van der Waals surface area contributed by atoms with Crippen LogP contribution in [0.4, 0.5) is 17.2 Å². The lowest BCUT2D eigenvalue weighted by molar-refractivity contribution is 0.282. The van der Waals surface area contributed by atoms with Crippen molar-refractivity contribution in [2.24, 2.45) is 0 Å². The van der Waals surface area contributed by atoms with E-state index >= 15 is 0 Å². The van der Waals surface area contributed by atoms with E-state index in [0.29, 0.717) is 27.9 Å². The van der Waals surface area contributed by atoms with Crippen molar-refractivity contribution in [3.63, 3.8) is 0 Å². The van der Waals surface area contributed by atoms with Gasteiger partial charge in [0.2, 0.25) is 0 Å². The molecule has 0 saturated carbocycles. The first-order valence-corrected chi connectivity index (χ1v) is 13.5. The number of benzene rings is 2. The number of aromatic nitrogens is 3. The average Bonchev–Trinajstić information content (AvgIpc) is 3.37. The smallest absolute Gasteiger partial charge is 0.270 e. The van der Waals surface area contributed by atoms with Crippen LogP contribution in [0.25, 0.3) is 21.8 Å². The summed E-state index contributed by atoms with van der Waals surface area (Å²) in [7, 11) is -3.92. The zero-order valence-electron chi connectivity index (χ0n) is 20.0. The molecular weight excluding hydrogens is 488 g/mol. The van der Waals surface area contributed by atoms with Gasteiger partial charge in [-0.1, -0.05) is 18.2 Å². The van der Waals surface area contributed by atoms with Crippen molar-refractivity contribution >= 4 is 49.0 Å². The fourth-order valence-corrected chi connectivity index (χ4v) is 6.28. The van der Waals surface area contributed by atoms with Gasteiger partial charge in [-0.2, -0.15) is 0 Å². The number of fused-ring (bicyclic) bond motifs is 2. The van der Waals surface area contributed by atoms with E-state index in [1.807, 2.05) is 30.3 Å². The fraction of sp³-hybridized carbons (Fsp3) is 0.185. The fourth-order valence-electron chi connectivity index (χ4n) is 4.76. The molecule has 0 amide bonds. The highest BCUT2D eigenvalue weighted by Gasteiger charge is 2.22. The van der Waals surface area contributed by atoms with Crippen LogP contribution in [0.1, 0.15) is 5.56 Å². The molecule has 1 aliphatic heterocycles. The molecule has 0 spiro atoms. The lowest BCUT2D eigenvalue weighted by Gasteiger charge is -2.30. The van der Waals surface area contributed by atoms with Crippen molar-refractivity contribution < 1.29 is 13.5 Å². The molecule has 2 aromatic carbocycles. The number of piperazine rings is 1. The quantitative estimate of drug-likeness (QED) is 0.316. The molecule has 1 saturated heterocycles. The molecular formula is C27H26N6O3S. The Bertz CT molecular complexity index is 1710. The van der Waals surface area contributed by atoms with E-state index in [-0.39, 0.29) is 11.5 Å². The van der Waals surface area contributed by atoms with Gasteiger partial charge in [-0.05, 0) is 36.4 Å². The minimum atomic E-state index is -3.92. The van der Waals surface area contributed by atoms with E-state index in [1.165, 1.54) is 10.2 Å². The second-order valence-corrected chi connectivity index (χ2v) is 10.7. The molecule has 9 nitrogen and oxygen atoms in total. The largest absolute Gasteiger partial charge is 0.392 e. The Kier molecular flexibility index (Phi) is 5.99. The molecule has 188 valence electrons. The van der Waals surface area contributed by atoms with Crippen LogP contribution in [0, 0.1) is 0 Å². The van der Waals surface area contributed by atoms with Crippen LogP contribution in [-0.4, -0.2) is 53.6 Å². The summed E-state index contributed by atoms with van der Waals surface area (Å²) in [6.45, 7) is 3.54. The predicted octanol–water partition coefficient (Wildman–Crippen LogP) is 3.47. The Hall–Kier alpha value is -3.99. The van der Waals surface area contributed by atoms with Gasteiger partial charge >= 0.3 is 0 Å². The lowest BCUT2D eigenvalue weighted by Crippen LogP contribution is -2.43. The third kappa shape index (κ3) is 4.29. The molecule has 1 aliphatic rings. The number of rotatable bonds is 6. The maximum absolute atomic E-state index is 13.7. The minimum absolute atomic E-state index is 0.136. The summed E-state index contributed by atoms with van der Waals surface area (Å²) in [5.74, 6) is 0.475. The van der Waals surface area contributed by atoms with Crippen molar-refractivity contribution in [1.82, 2.24) is 19.3 Å². The summed E-state index contributed by atoms with van der Waals surface area (Å²) in [5.41, 5.74) is 3.43. The summed E-state index contributed by atoms with van der Waals surface area (Å²) in [5, 5.41) is 18.1. The first kappa shape index (κ1) is 23.4. The van der Waals surface area contributed by atoms with Gasteiger partial charge in [-0.15, -0.1) is 0 Å². The Balaban J connectivity index is 1.36. The number of aliphatic hydroxyl groups is 1. The molecule has 37 heavy (non-hydrogen) atoms. The third-order valence-corrected chi connectivity index (χ3v) is 8.40. The van der Waals surface area contributed by atoms with E-state index in [9.17, 15) is 13.5 Å². The zero-order valence-corrected chi connectivity index (χ0v) is 20.8. The van der Waals surface area contributed by atoms with Crippen molar-refractivity contribution in [2.75, 3.05) is 36.4 Å². The lowest BCUT2D eigenvalue weighted by atomic mass is 10.1. The molecule has 3 aromatic heterocycles. The molecule has 10 heteroatoms. The first-order chi connectivity index (χ1) is 18.0. The zero-order chi connectivity index (χ0) is 25.4. The Morgan fingerprint density at radius 3 is 2.65 bits per heavy atom. The topological polar surface area (TPSA) is 112 Å². The maximum Gasteiger partial charge on any atom is 0.270 e. The molecule has 0 unspecified atom stereocenters.